The van der Waals surface area contributed by atoms with E-state index in [2.05, 4.69) is 10.3 Å². The lowest BCUT2D eigenvalue weighted by atomic mass is 9.72. The van der Waals surface area contributed by atoms with Gasteiger partial charge in [0.2, 0.25) is 5.91 Å². The molecule has 1 unspecified atom stereocenters. The van der Waals surface area contributed by atoms with Gasteiger partial charge in [-0.3, -0.25) is 4.79 Å². The van der Waals surface area contributed by atoms with Gasteiger partial charge in [-0.2, -0.15) is 13.2 Å². The molecule has 5 nitrogen and oxygen atoms in total. The molecule has 2 saturated heterocycles. The summed E-state index contributed by atoms with van der Waals surface area (Å²) in [6.07, 6.45) is -4.71. The molecule has 2 aliphatic rings. The quantitative estimate of drug-likeness (QED) is 0.807. The summed E-state index contributed by atoms with van der Waals surface area (Å²) in [5, 5.41) is 13.4. The molecule has 3 heterocycles. The number of aliphatic hydroxyl groups is 1. The maximum atomic E-state index is 12.5. The topological polar surface area (TPSA) is 65.5 Å². The Morgan fingerprint density at radius 2 is 2.20 bits per heavy atom. The molecule has 0 aliphatic carbocycles. The van der Waals surface area contributed by atoms with Gasteiger partial charge in [-0.05, 0) is 6.42 Å². The summed E-state index contributed by atoms with van der Waals surface area (Å²) in [7, 11) is 0. The number of carbonyl (C=O) groups is 1. The number of nitrogens with zero attached hydrogens (tertiary/aromatic N) is 2. The number of hydrogen-bond donors (Lipinski definition) is 2. The second kappa shape index (κ2) is 4.32. The standard InChI is InChI=1S/C11H12F3N3O2S/c12-11(13,14)7-3-20-9(16-7)17-4-10(5-17)1-6(18)2-15-8(10)19/h3,6,18H,1-2,4-5H2,(H,15,19). The summed E-state index contributed by atoms with van der Waals surface area (Å²) in [5.74, 6) is -0.147. The molecule has 20 heavy (non-hydrogen) atoms. The number of carbonyl (C=O) groups excluding carboxylic acids is 1. The van der Waals surface area contributed by atoms with Crippen LogP contribution in [0.2, 0.25) is 0 Å². The van der Waals surface area contributed by atoms with Gasteiger partial charge in [-0.25, -0.2) is 4.98 Å². The highest BCUT2D eigenvalue weighted by molar-refractivity contribution is 7.13. The monoisotopic (exact) mass is 307 g/mol. The minimum Gasteiger partial charge on any atom is -0.391 e. The molecule has 0 radical (unpaired) electrons. The minimum atomic E-state index is -4.45. The van der Waals surface area contributed by atoms with Crippen molar-refractivity contribution >= 4 is 22.4 Å². The Balaban J connectivity index is 1.71. The van der Waals surface area contributed by atoms with Crippen molar-refractivity contribution in [3.05, 3.63) is 11.1 Å². The molecule has 1 amide bonds. The van der Waals surface area contributed by atoms with Gasteiger partial charge in [0.25, 0.3) is 0 Å². The molecule has 2 N–H and O–H groups in total. The minimum absolute atomic E-state index is 0.147. The zero-order chi connectivity index (χ0) is 14.5. The van der Waals surface area contributed by atoms with E-state index in [1.807, 2.05) is 0 Å². The SMILES string of the molecule is O=C1NCC(O)CC12CN(c1nc(C(F)(F)F)cs1)C2. The number of thiazole rings is 1. The van der Waals surface area contributed by atoms with Crippen LogP contribution < -0.4 is 10.2 Å². The van der Waals surface area contributed by atoms with Gasteiger partial charge in [-0.1, -0.05) is 0 Å². The van der Waals surface area contributed by atoms with Crippen molar-refractivity contribution in [1.82, 2.24) is 10.3 Å². The van der Waals surface area contributed by atoms with Gasteiger partial charge in [0.1, 0.15) is 0 Å². The number of β-amino-alcohol motifs (C(OH)–C–C–N with tert-alkyl or cyclic N) is 1. The third-order valence-corrected chi connectivity index (χ3v) is 4.55. The number of anilines is 1. The van der Waals surface area contributed by atoms with E-state index in [9.17, 15) is 23.1 Å². The number of aromatic nitrogens is 1. The van der Waals surface area contributed by atoms with Gasteiger partial charge in [0, 0.05) is 25.0 Å². The number of rotatable bonds is 1. The van der Waals surface area contributed by atoms with Crippen molar-refractivity contribution in [3.8, 4) is 0 Å². The van der Waals surface area contributed by atoms with Crippen LogP contribution >= 0.6 is 11.3 Å². The molecule has 1 aromatic rings. The molecule has 2 fully saturated rings. The highest BCUT2D eigenvalue weighted by Gasteiger charge is 2.53. The zero-order valence-corrected chi connectivity index (χ0v) is 11.1. The van der Waals surface area contributed by atoms with Crippen LogP contribution in [0.25, 0.3) is 0 Å². The number of alkyl halides is 3. The van der Waals surface area contributed by atoms with Crippen LogP contribution in [0.3, 0.4) is 0 Å². The van der Waals surface area contributed by atoms with Crippen molar-refractivity contribution in [2.45, 2.75) is 18.7 Å². The Kier molecular flexibility index (Phi) is 2.94. The normalized spacial score (nSPS) is 25.5. The molecule has 0 saturated carbocycles. The molecule has 110 valence electrons. The molecule has 1 aromatic heterocycles. The van der Waals surface area contributed by atoms with E-state index in [0.717, 1.165) is 16.7 Å². The second-order valence-electron chi connectivity index (χ2n) is 5.22. The average molecular weight is 307 g/mol. The lowest BCUT2D eigenvalue weighted by Crippen LogP contribution is -2.67. The number of hydrogen-bond acceptors (Lipinski definition) is 5. The first kappa shape index (κ1) is 13.6. The lowest BCUT2D eigenvalue weighted by molar-refractivity contribution is -0.141. The first-order valence-corrected chi connectivity index (χ1v) is 6.92. The summed E-state index contributed by atoms with van der Waals surface area (Å²) >= 11 is 0.910. The molecule has 1 spiro atoms. The van der Waals surface area contributed by atoms with E-state index in [1.54, 1.807) is 4.90 Å². The summed E-state index contributed by atoms with van der Waals surface area (Å²) in [6.45, 7) is 0.817. The molecular weight excluding hydrogens is 295 g/mol. The first-order chi connectivity index (χ1) is 9.30. The smallest absolute Gasteiger partial charge is 0.391 e. The van der Waals surface area contributed by atoms with E-state index < -0.39 is 23.4 Å². The Labute approximate surface area is 116 Å². The van der Waals surface area contributed by atoms with Crippen LogP contribution in [0, 0.1) is 5.41 Å². The van der Waals surface area contributed by atoms with Crippen LogP contribution in [-0.2, 0) is 11.0 Å². The van der Waals surface area contributed by atoms with Gasteiger partial charge in [-0.15, -0.1) is 11.3 Å². The molecule has 0 aromatic carbocycles. The Morgan fingerprint density at radius 3 is 2.80 bits per heavy atom. The predicted octanol–water partition coefficient (Wildman–Crippen LogP) is 0.849. The Hall–Kier alpha value is -1.35. The van der Waals surface area contributed by atoms with E-state index >= 15 is 0 Å². The molecule has 2 aliphatic heterocycles. The fourth-order valence-corrected chi connectivity index (χ4v) is 3.48. The molecule has 3 rings (SSSR count). The van der Waals surface area contributed by atoms with Crippen LogP contribution in [-0.4, -0.2) is 41.7 Å². The molecule has 9 heteroatoms. The summed E-state index contributed by atoms with van der Waals surface area (Å²) in [6, 6.07) is 0. The Morgan fingerprint density at radius 1 is 1.50 bits per heavy atom. The average Bonchev–Trinajstić information content (AvgIpc) is 2.78. The van der Waals surface area contributed by atoms with Crippen molar-refractivity contribution in [2.24, 2.45) is 5.41 Å². The van der Waals surface area contributed by atoms with Gasteiger partial charge >= 0.3 is 6.18 Å². The van der Waals surface area contributed by atoms with Gasteiger partial charge in [0.15, 0.2) is 10.8 Å². The van der Waals surface area contributed by atoms with Crippen molar-refractivity contribution < 1.29 is 23.1 Å². The molecule has 0 bridgehead atoms. The van der Waals surface area contributed by atoms with Crippen LogP contribution in [0.1, 0.15) is 12.1 Å². The Bertz CT molecular complexity index is 539. The first-order valence-electron chi connectivity index (χ1n) is 6.04. The van der Waals surface area contributed by atoms with E-state index in [0.29, 0.717) is 19.5 Å². The maximum Gasteiger partial charge on any atom is 0.434 e. The maximum absolute atomic E-state index is 12.5. The third kappa shape index (κ3) is 2.14. The number of halogens is 3. The van der Waals surface area contributed by atoms with E-state index in [-0.39, 0.29) is 17.6 Å². The second-order valence-corrected chi connectivity index (χ2v) is 6.05. The molecule has 1 atom stereocenters. The van der Waals surface area contributed by atoms with Gasteiger partial charge in [0.05, 0.1) is 11.5 Å². The fraction of sp³-hybridized carbons (Fsp3) is 0.636. The van der Waals surface area contributed by atoms with Crippen molar-refractivity contribution in [1.29, 1.82) is 0 Å². The van der Waals surface area contributed by atoms with E-state index in [4.69, 9.17) is 0 Å². The highest BCUT2D eigenvalue weighted by atomic mass is 32.1. The summed E-state index contributed by atoms with van der Waals surface area (Å²) in [4.78, 5) is 17.0. The molecular formula is C11H12F3N3O2S. The lowest BCUT2D eigenvalue weighted by Gasteiger charge is -2.51. The van der Waals surface area contributed by atoms with E-state index in [1.165, 1.54) is 0 Å². The number of nitrogens with one attached hydrogen (secondary N) is 1. The van der Waals surface area contributed by atoms with Crippen molar-refractivity contribution in [2.75, 3.05) is 24.5 Å². The largest absolute Gasteiger partial charge is 0.434 e. The number of aliphatic hydroxyl groups excluding tert-OH is 1. The van der Waals surface area contributed by atoms with Crippen molar-refractivity contribution in [3.63, 3.8) is 0 Å². The number of piperidine rings is 1. The summed E-state index contributed by atoms with van der Waals surface area (Å²) in [5.41, 5.74) is -1.60. The van der Waals surface area contributed by atoms with Crippen LogP contribution in [0.4, 0.5) is 18.3 Å². The predicted molar refractivity (Wildman–Crippen MR) is 65.4 cm³/mol. The zero-order valence-electron chi connectivity index (χ0n) is 10.3. The third-order valence-electron chi connectivity index (χ3n) is 3.65. The van der Waals surface area contributed by atoms with Gasteiger partial charge < -0.3 is 15.3 Å². The fourth-order valence-electron chi connectivity index (χ4n) is 2.65. The van der Waals surface area contributed by atoms with Crippen LogP contribution in [0.5, 0.6) is 0 Å². The summed E-state index contributed by atoms with van der Waals surface area (Å²) < 4.78 is 37.4. The van der Waals surface area contributed by atoms with Crippen LogP contribution in [0.15, 0.2) is 5.38 Å². The highest BCUT2D eigenvalue weighted by Crippen LogP contribution is 2.42. The number of amides is 1.